The van der Waals surface area contributed by atoms with E-state index in [1.807, 2.05) is 0 Å². The summed E-state index contributed by atoms with van der Waals surface area (Å²) in [4.78, 5) is 0. The molecule has 2 rings (SSSR count). The molecule has 10 heteroatoms. The summed E-state index contributed by atoms with van der Waals surface area (Å²) in [5, 5.41) is 77.1. The highest BCUT2D eigenvalue weighted by atomic mass is 16.6. The van der Waals surface area contributed by atoms with Gasteiger partial charge in [0.1, 0.15) is 61.0 Å². The molecule has 0 saturated carbocycles. The van der Waals surface area contributed by atoms with Crippen molar-refractivity contribution < 1.29 is 50.3 Å². The van der Waals surface area contributed by atoms with E-state index >= 15 is 0 Å². The van der Waals surface area contributed by atoms with E-state index in [1.165, 1.54) is 0 Å². The summed E-state index contributed by atoms with van der Waals surface area (Å²) >= 11 is 0. The summed E-state index contributed by atoms with van der Waals surface area (Å²) < 4.78 is 10.5. The average Bonchev–Trinajstić information content (AvgIpc) is 2.52. The molecule has 2 saturated heterocycles. The Morgan fingerprint density at radius 3 is 1.09 bits per heavy atom. The highest BCUT2D eigenvalue weighted by Gasteiger charge is 2.53. The molecule has 10 nitrogen and oxygen atoms in total. The fourth-order valence-corrected chi connectivity index (χ4v) is 2.80. The van der Waals surface area contributed by atoms with Crippen molar-refractivity contribution in [3.05, 3.63) is 0 Å². The monoisotopic (exact) mass is 326 g/mol. The van der Waals surface area contributed by atoms with Crippen LogP contribution in [0.5, 0.6) is 0 Å². The second-order valence-electron chi connectivity index (χ2n) is 5.59. The molecule has 2 fully saturated rings. The lowest BCUT2D eigenvalue weighted by molar-refractivity contribution is -0.302. The minimum absolute atomic E-state index is 0.654. The maximum Gasteiger partial charge on any atom is 0.115 e. The Kier molecular flexibility index (Phi) is 5.72. The molecular weight excluding hydrogens is 304 g/mol. The molecule has 2 aliphatic rings. The van der Waals surface area contributed by atoms with Gasteiger partial charge in [0.05, 0.1) is 13.2 Å². The maximum atomic E-state index is 9.99. The van der Waals surface area contributed by atoms with Crippen LogP contribution in [0.25, 0.3) is 0 Å². The third-order valence-electron chi connectivity index (χ3n) is 4.18. The molecule has 0 amide bonds. The summed E-state index contributed by atoms with van der Waals surface area (Å²) in [6, 6.07) is 0. The molecule has 10 atom stereocenters. The number of ether oxygens (including phenoxy) is 2. The van der Waals surface area contributed by atoms with Crippen molar-refractivity contribution in [2.24, 2.45) is 0 Å². The van der Waals surface area contributed by atoms with Gasteiger partial charge in [-0.3, -0.25) is 0 Å². The largest absolute Gasteiger partial charge is 0.394 e. The van der Waals surface area contributed by atoms with E-state index in [4.69, 9.17) is 19.7 Å². The van der Waals surface area contributed by atoms with Crippen molar-refractivity contribution >= 4 is 0 Å². The van der Waals surface area contributed by atoms with E-state index < -0.39 is 74.3 Å². The Bertz CT molecular complexity index is 330. The standard InChI is InChI=1S/C12H22O10/c13-1-3-5(15)7(17)9(19)11(21-3)12-10(20)8(18)6(16)4(2-14)22-12/h3-20H,1-2H2/t3-,4-,5-,6-,7+,8+,9-,10+,11?,12+/m1/s1. The molecule has 0 aromatic carbocycles. The Hall–Kier alpha value is -0.400. The molecule has 0 bridgehead atoms. The molecule has 8 N–H and O–H groups in total. The SMILES string of the molecule is OC[C@H]1O[C@H](C2O[C@H](CO)[C@@H](O)[C@H](O)[C@H]2O)[C@@H](O)[C@@H](O)[C@@H]1O. The predicted molar refractivity (Wildman–Crippen MR) is 67.5 cm³/mol. The number of hydrogen-bond acceptors (Lipinski definition) is 10. The molecule has 2 aliphatic heterocycles. The van der Waals surface area contributed by atoms with E-state index in [-0.39, 0.29) is 0 Å². The van der Waals surface area contributed by atoms with Crippen LogP contribution >= 0.6 is 0 Å². The lowest BCUT2D eigenvalue weighted by atomic mass is 9.86. The van der Waals surface area contributed by atoms with Crippen molar-refractivity contribution in [3.63, 3.8) is 0 Å². The van der Waals surface area contributed by atoms with Gasteiger partial charge in [0.2, 0.25) is 0 Å². The number of aliphatic hydroxyl groups excluding tert-OH is 8. The smallest absolute Gasteiger partial charge is 0.115 e. The second-order valence-corrected chi connectivity index (χ2v) is 5.59. The molecule has 130 valence electrons. The van der Waals surface area contributed by atoms with Crippen molar-refractivity contribution in [1.29, 1.82) is 0 Å². The van der Waals surface area contributed by atoms with Gasteiger partial charge in [-0.1, -0.05) is 0 Å². The van der Waals surface area contributed by atoms with E-state index in [9.17, 15) is 30.6 Å². The Balaban J connectivity index is 2.21. The normalized spacial score (nSPS) is 53.5. The van der Waals surface area contributed by atoms with Crippen LogP contribution in [0, 0.1) is 0 Å². The molecule has 2 heterocycles. The Morgan fingerprint density at radius 1 is 0.500 bits per heavy atom. The molecule has 0 aromatic heterocycles. The third kappa shape index (κ3) is 2.99. The van der Waals surface area contributed by atoms with Gasteiger partial charge in [0.25, 0.3) is 0 Å². The van der Waals surface area contributed by atoms with Crippen LogP contribution in [0.15, 0.2) is 0 Å². The summed E-state index contributed by atoms with van der Waals surface area (Å²) in [7, 11) is 0. The Morgan fingerprint density at radius 2 is 0.818 bits per heavy atom. The van der Waals surface area contributed by atoms with Crippen LogP contribution in [-0.2, 0) is 9.47 Å². The quantitative estimate of drug-likeness (QED) is 0.249. The third-order valence-corrected chi connectivity index (χ3v) is 4.18. The van der Waals surface area contributed by atoms with Crippen molar-refractivity contribution in [3.8, 4) is 0 Å². The van der Waals surface area contributed by atoms with E-state index in [2.05, 4.69) is 0 Å². The van der Waals surface area contributed by atoms with E-state index in [0.717, 1.165) is 0 Å². The van der Waals surface area contributed by atoms with Gasteiger partial charge in [-0.05, 0) is 0 Å². The zero-order chi connectivity index (χ0) is 16.6. The molecule has 1 unspecified atom stereocenters. The minimum atomic E-state index is -1.67. The van der Waals surface area contributed by atoms with Crippen LogP contribution in [0.1, 0.15) is 0 Å². The van der Waals surface area contributed by atoms with Crippen molar-refractivity contribution in [1.82, 2.24) is 0 Å². The van der Waals surface area contributed by atoms with Crippen LogP contribution in [0.3, 0.4) is 0 Å². The van der Waals surface area contributed by atoms with Crippen molar-refractivity contribution in [2.75, 3.05) is 13.2 Å². The fourth-order valence-electron chi connectivity index (χ4n) is 2.80. The van der Waals surface area contributed by atoms with Gasteiger partial charge in [-0.15, -0.1) is 0 Å². The molecule has 0 spiro atoms. The van der Waals surface area contributed by atoms with Crippen molar-refractivity contribution in [2.45, 2.75) is 61.0 Å². The lowest BCUT2D eigenvalue weighted by Crippen LogP contribution is -2.68. The van der Waals surface area contributed by atoms with E-state index in [0.29, 0.717) is 0 Å². The Labute approximate surface area is 125 Å². The van der Waals surface area contributed by atoms with Crippen LogP contribution in [-0.4, -0.2) is 115 Å². The molecule has 22 heavy (non-hydrogen) atoms. The first kappa shape index (κ1) is 17.9. The highest BCUT2D eigenvalue weighted by molar-refractivity contribution is 5.02. The molecular formula is C12H22O10. The first-order valence-corrected chi connectivity index (χ1v) is 6.94. The zero-order valence-electron chi connectivity index (χ0n) is 11.6. The summed E-state index contributed by atoms with van der Waals surface area (Å²) in [5.41, 5.74) is 0. The molecule has 0 aliphatic carbocycles. The van der Waals surface area contributed by atoms with Gasteiger partial charge in [-0.25, -0.2) is 0 Å². The van der Waals surface area contributed by atoms with Crippen LogP contribution < -0.4 is 0 Å². The summed E-state index contributed by atoms with van der Waals surface area (Å²) in [6.45, 7) is -1.31. The van der Waals surface area contributed by atoms with Crippen LogP contribution in [0.2, 0.25) is 0 Å². The second kappa shape index (κ2) is 7.01. The van der Waals surface area contributed by atoms with E-state index in [1.54, 1.807) is 0 Å². The average molecular weight is 326 g/mol. The number of aliphatic hydroxyl groups is 8. The van der Waals surface area contributed by atoms with Gasteiger partial charge in [0, 0.05) is 0 Å². The number of rotatable bonds is 3. The van der Waals surface area contributed by atoms with Gasteiger partial charge < -0.3 is 50.3 Å². The van der Waals surface area contributed by atoms with Gasteiger partial charge in [-0.2, -0.15) is 0 Å². The molecule has 0 radical (unpaired) electrons. The summed E-state index contributed by atoms with van der Waals surface area (Å²) in [6.07, 6.45) is -15.0. The topological polar surface area (TPSA) is 180 Å². The predicted octanol–water partition coefficient (Wildman–Crippen LogP) is -5.33. The number of hydrogen-bond donors (Lipinski definition) is 8. The fraction of sp³-hybridized carbons (Fsp3) is 1.00. The zero-order valence-corrected chi connectivity index (χ0v) is 11.6. The van der Waals surface area contributed by atoms with Gasteiger partial charge in [0.15, 0.2) is 0 Å². The molecule has 0 aromatic rings. The maximum absolute atomic E-state index is 9.99. The lowest BCUT2D eigenvalue weighted by Gasteiger charge is -2.48. The highest BCUT2D eigenvalue weighted by Crippen LogP contribution is 2.31. The van der Waals surface area contributed by atoms with Gasteiger partial charge >= 0.3 is 0 Å². The summed E-state index contributed by atoms with van der Waals surface area (Å²) in [5.74, 6) is 0. The first-order chi connectivity index (χ1) is 10.3. The first-order valence-electron chi connectivity index (χ1n) is 6.94. The minimum Gasteiger partial charge on any atom is -0.394 e. The van der Waals surface area contributed by atoms with Crippen LogP contribution in [0.4, 0.5) is 0 Å².